The van der Waals surface area contributed by atoms with Gasteiger partial charge >= 0.3 is 6.09 Å². The smallest absolute Gasteiger partial charge is 0.404 e. The lowest BCUT2D eigenvalue weighted by atomic mass is 10.4. The Hall–Kier alpha value is -1.01. The highest BCUT2D eigenvalue weighted by Crippen LogP contribution is 2.25. The molecule has 7 heteroatoms. The van der Waals surface area contributed by atoms with Crippen LogP contribution in [0.25, 0.3) is 0 Å². The summed E-state index contributed by atoms with van der Waals surface area (Å²) in [6.45, 7) is 0.437. The fourth-order valence-electron chi connectivity index (χ4n) is 0.826. The average Bonchev–Trinajstić information content (AvgIpc) is 2.17. The summed E-state index contributed by atoms with van der Waals surface area (Å²) < 4.78 is 5.94. The standard InChI is InChI=1S/C8H8BrClN2O3/c9-5-4-12-7(10)3-6(5)15-2-1-11-8(13)14/h3-4,11H,1-2H2,(H,13,14). The number of pyridine rings is 1. The topological polar surface area (TPSA) is 71.5 Å². The molecular weight excluding hydrogens is 287 g/mol. The predicted octanol–water partition coefficient (Wildman–Crippen LogP) is 2.14. The van der Waals surface area contributed by atoms with E-state index >= 15 is 0 Å². The molecule has 2 N–H and O–H groups in total. The normalized spacial score (nSPS) is 9.73. The molecule has 1 rings (SSSR count). The first-order chi connectivity index (χ1) is 7.09. The summed E-state index contributed by atoms with van der Waals surface area (Å²) in [5.74, 6) is 0.530. The van der Waals surface area contributed by atoms with Crippen molar-refractivity contribution >= 4 is 33.6 Å². The number of hydrogen-bond acceptors (Lipinski definition) is 3. The molecule has 0 radical (unpaired) electrons. The second kappa shape index (κ2) is 5.77. The minimum Gasteiger partial charge on any atom is -0.490 e. The van der Waals surface area contributed by atoms with Crippen molar-refractivity contribution in [3.63, 3.8) is 0 Å². The Morgan fingerprint density at radius 3 is 3.13 bits per heavy atom. The van der Waals surface area contributed by atoms with Gasteiger partial charge in [-0.3, -0.25) is 0 Å². The lowest BCUT2D eigenvalue weighted by Gasteiger charge is -2.07. The largest absolute Gasteiger partial charge is 0.490 e. The van der Waals surface area contributed by atoms with Crippen LogP contribution in [0.5, 0.6) is 5.75 Å². The lowest BCUT2D eigenvalue weighted by Crippen LogP contribution is -2.26. The van der Waals surface area contributed by atoms with Gasteiger partial charge in [0.25, 0.3) is 0 Å². The number of aromatic nitrogens is 1. The van der Waals surface area contributed by atoms with E-state index in [1.54, 1.807) is 6.07 Å². The number of carboxylic acid groups (broad SMARTS) is 1. The number of ether oxygens (including phenoxy) is 1. The van der Waals surface area contributed by atoms with Crippen LogP contribution in [0.1, 0.15) is 0 Å². The molecule has 0 aliphatic rings. The molecular formula is C8H8BrClN2O3. The maximum absolute atomic E-state index is 10.1. The van der Waals surface area contributed by atoms with E-state index in [9.17, 15) is 4.79 Å². The summed E-state index contributed by atoms with van der Waals surface area (Å²) in [7, 11) is 0. The van der Waals surface area contributed by atoms with Gasteiger partial charge in [0, 0.05) is 12.3 Å². The quantitative estimate of drug-likeness (QED) is 0.659. The molecule has 0 bridgehead atoms. The lowest BCUT2D eigenvalue weighted by molar-refractivity contribution is 0.191. The third-order valence-electron chi connectivity index (χ3n) is 1.42. The first kappa shape index (κ1) is 12.1. The second-order valence-corrected chi connectivity index (χ2v) is 3.76. The van der Waals surface area contributed by atoms with Crippen LogP contribution in [0.4, 0.5) is 4.79 Å². The molecule has 15 heavy (non-hydrogen) atoms. The molecule has 1 aromatic heterocycles. The maximum atomic E-state index is 10.1. The molecule has 0 saturated heterocycles. The number of nitrogens with zero attached hydrogens (tertiary/aromatic N) is 1. The number of halogens is 2. The van der Waals surface area contributed by atoms with E-state index in [0.29, 0.717) is 15.4 Å². The summed E-state index contributed by atoms with van der Waals surface area (Å²) in [5.41, 5.74) is 0. The van der Waals surface area contributed by atoms with Crippen LogP contribution in [-0.4, -0.2) is 29.3 Å². The molecule has 0 fully saturated rings. The van der Waals surface area contributed by atoms with Crippen molar-refractivity contribution in [2.75, 3.05) is 13.2 Å². The van der Waals surface area contributed by atoms with Gasteiger partial charge in [0.15, 0.2) is 0 Å². The maximum Gasteiger partial charge on any atom is 0.404 e. The zero-order chi connectivity index (χ0) is 11.3. The summed E-state index contributed by atoms with van der Waals surface area (Å²) in [5, 5.41) is 10.8. The first-order valence-corrected chi connectivity index (χ1v) is 5.17. The number of amides is 1. The van der Waals surface area contributed by atoms with Crippen molar-refractivity contribution in [3.05, 3.63) is 21.9 Å². The highest BCUT2D eigenvalue weighted by Gasteiger charge is 2.03. The minimum absolute atomic E-state index is 0.210. The van der Waals surface area contributed by atoms with Gasteiger partial charge in [-0.1, -0.05) is 11.6 Å². The summed E-state index contributed by atoms with van der Waals surface area (Å²) in [6, 6.07) is 1.55. The van der Waals surface area contributed by atoms with Crippen LogP contribution < -0.4 is 10.1 Å². The van der Waals surface area contributed by atoms with E-state index in [2.05, 4.69) is 26.2 Å². The Labute approximate surface area is 99.5 Å². The Morgan fingerprint density at radius 2 is 2.47 bits per heavy atom. The molecule has 1 heterocycles. The molecule has 1 amide bonds. The monoisotopic (exact) mass is 294 g/mol. The zero-order valence-electron chi connectivity index (χ0n) is 7.54. The van der Waals surface area contributed by atoms with Crippen LogP contribution in [0.3, 0.4) is 0 Å². The summed E-state index contributed by atoms with van der Waals surface area (Å²) in [4.78, 5) is 13.9. The SMILES string of the molecule is O=C(O)NCCOc1cc(Cl)ncc1Br. The molecule has 5 nitrogen and oxygen atoms in total. The van der Waals surface area contributed by atoms with E-state index in [1.807, 2.05) is 0 Å². The molecule has 0 aromatic carbocycles. The van der Waals surface area contributed by atoms with Gasteiger partial charge in [0.1, 0.15) is 17.5 Å². The molecule has 0 saturated carbocycles. The fraction of sp³-hybridized carbons (Fsp3) is 0.250. The molecule has 0 atom stereocenters. The van der Waals surface area contributed by atoms with Crippen LogP contribution in [0.15, 0.2) is 16.7 Å². The number of carbonyl (C=O) groups is 1. The van der Waals surface area contributed by atoms with E-state index < -0.39 is 6.09 Å². The van der Waals surface area contributed by atoms with Gasteiger partial charge in [-0.05, 0) is 15.9 Å². The molecule has 1 aromatic rings. The Bertz CT molecular complexity index is 362. The minimum atomic E-state index is -1.08. The van der Waals surface area contributed by atoms with Crippen molar-refractivity contribution in [1.82, 2.24) is 10.3 Å². The van der Waals surface area contributed by atoms with Gasteiger partial charge in [0.2, 0.25) is 0 Å². The van der Waals surface area contributed by atoms with Crippen LogP contribution in [0.2, 0.25) is 5.15 Å². The van der Waals surface area contributed by atoms with Crippen LogP contribution in [-0.2, 0) is 0 Å². The fourth-order valence-corrected chi connectivity index (χ4v) is 1.31. The molecule has 0 aliphatic heterocycles. The Balaban J connectivity index is 2.43. The van der Waals surface area contributed by atoms with Crippen molar-refractivity contribution in [2.45, 2.75) is 0 Å². The highest BCUT2D eigenvalue weighted by molar-refractivity contribution is 9.10. The summed E-state index contributed by atoms with van der Waals surface area (Å²) in [6.07, 6.45) is 0.438. The Kier molecular flexibility index (Phi) is 4.64. The van der Waals surface area contributed by atoms with Crippen molar-refractivity contribution in [1.29, 1.82) is 0 Å². The zero-order valence-corrected chi connectivity index (χ0v) is 9.88. The van der Waals surface area contributed by atoms with Gasteiger partial charge in [-0.25, -0.2) is 9.78 Å². The number of rotatable bonds is 4. The van der Waals surface area contributed by atoms with Crippen molar-refractivity contribution < 1.29 is 14.6 Å². The van der Waals surface area contributed by atoms with Gasteiger partial charge in [-0.15, -0.1) is 0 Å². The molecule has 82 valence electrons. The average molecular weight is 296 g/mol. The first-order valence-electron chi connectivity index (χ1n) is 4.00. The number of hydrogen-bond donors (Lipinski definition) is 2. The number of nitrogens with one attached hydrogen (secondary N) is 1. The van der Waals surface area contributed by atoms with Gasteiger partial charge in [0.05, 0.1) is 11.0 Å². The summed E-state index contributed by atoms with van der Waals surface area (Å²) >= 11 is 8.89. The Morgan fingerprint density at radius 1 is 1.73 bits per heavy atom. The van der Waals surface area contributed by atoms with Gasteiger partial charge < -0.3 is 15.2 Å². The molecule has 0 spiro atoms. The van der Waals surface area contributed by atoms with Crippen LogP contribution in [0, 0.1) is 0 Å². The van der Waals surface area contributed by atoms with E-state index in [0.717, 1.165) is 0 Å². The predicted molar refractivity (Wildman–Crippen MR) is 58.5 cm³/mol. The highest BCUT2D eigenvalue weighted by atomic mass is 79.9. The third-order valence-corrected chi connectivity index (χ3v) is 2.22. The van der Waals surface area contributed by atoms with E-state index in [4.69, 9.17) is 21.4 Å². The third kappa shape index (κ3) is 4.35. The van der Waals surface area contributed by atoms with Gasteiger partial charge in [-0.2, -0.15) is 0 Å². The van der Waals surface area contributed by atoms with E-state index in [-0.39, 0.29) is 13.2 Å². The van der Waals surface area contributed by atoms with Crippen molar-refractivity contribution in [2.24, 2.45) is 0 Å². The van der Waals surface area contributed by atoms with Crippen molar-refractivity contribution in [3.8, 4) is 5.75 Å². The van der Waals surface area contributed by atoms with E-state index in [1.165, 1.54) is 6.20 Å². The second-order valence-electron chi connectivity index (χ2n) is 2.52. The molecule has 0 unspecified atom stereocenters. The van der Waals surface area contributed by atoms with Crippen LogP contribution >= 0.6 is 27.5 Å². The molecule has 0 aliphatic carbocycles.